The zero-order valence-corrected chi connectivity index (χ0v) is 22.3. The van der Waals surface area contributed by atoms with Crippen LogP contribution >= 0.6 is 0 Å². The molecule has 0 saturated heterocycles. The SMILES string of the molecule is C=CC(=O)Nc1cc(Nc2nccc(-n3nc(NC)c4ccccc43)n2)c(OC)cc1N(C)CCN(C)C. The van der Waals surface area contributed by atoms with Crippen molar-refractivity contribution in [2.24, 2.45) is 0 Å². The summed E-state index contributed by atoms with van der Waals surface area (Å²) in [5.41, 5.74) is 2.92. The van der Waals surface area contributed by atoms with Gasteiger partial charge in [-0.2, -0.15) is 4.98 Å². The lowest BCUT2D eigenvalue weighted by molar-refractivity contribution is -0.111. The molecule has 4 rings (SSSR count). The van der Waals surface area contributed by atoms with E-state index >= 15 is 0 Å². The number of carbonyl (C=O) groups excluding carboxylic acids is 1. The summed E-state index contributed by atoms with van der Waals surface area (Å²) in [5, 5.41) is 14.9. The summed E-state index contributed by atoms with van der Waals surface area (Å²) in [5.74, 6) is 1.96. The average molecular weight is 516 g/mol. The van der Waals surface area contributed by atoms with E-state index in [4.69, 9.17) is 9.72 Å². The van der Waals surface area contributed by atoms with Gasteiger partial charge < -0.3 is 30.5 Å². The first-order valence-electron chi connectivity index (χ1n) is 12.1. The van der Waals surface area contributed by atoms with Gasteiger partial charge in [0.1, 0.15) is 5.75 Å². The van der Waals surface area contributed by atoms with Crippen molar-refractivity contribution in [2.75, 3.05) is 69.2 Å². The first kappa shape index (κ1) is 26.4. The van der Waals surface area contributed by atoms with Crippen molar-refractivity contribution in [1.82, 2.24) is 24.6 Å². The van der Waals surface area contributed by atoms with Gasteiger partial charge >= 0.3 is 0 Å². The second-order valence-electron chi connectivity index (χ2n) is 8.88. The highest BCUT2D eigenvalue weighted by molar-refractivity contribution is 6.02. The summed E-state index contributed by atoms with van der Waals surface area (Å²) >= 11 is 0. The zero-order valence-electron chi connectivity index (χ0n) is 22.3. The van der Waals surface area contributed by atoms with Crippen LogP contribution in [0.15, 0.2) is 61.3 Å². The number of likely N-dealkylation sites (N-methyl/N-ethyl adjacent to an activating group) is 2. The quantitative estimate of drug-likeness (QED) is 0.257. The summed E-state index contributed by atoms with van der Waals surface area (Å²) in [6.07, 6.45) is 2.90. The maximum absolute atomic E-state index is 12.2. The largest absolute Gasteiger partial charge is 0.494 e. The van der Waals surface area contributed by atoms with E-state index in [1.54, 1.807) is 30.1 Å². The predicted octanol–water partition coefficient (Wildman–Crippen LogP) is 3.73. The summed E-state index contributed by atoms with van der Waals surface area (Å²) in [7, 11) is 9.43. The topological polar surface area (TPSA) is 112 Å². The number of anilines is 5. The molecule has 2 aromatic carbocycles. The highest BCUT2D eigenvalue weighted by Crippen LogP contribution is 2.38. The Kier molecular flexibility index (Phi) is 8.07. The highest BCUT2D eigenvalue weighted by Gasteiger charge is 2.17. The monoisotopic (exact) mass is 515 g/mol. The minimum atomic E-state index is -0.312. The highest BCUT2D eigenvalue weighted by atomic mass is 16.5. The van der Waals surface area contributed by atoms with Crippen molar-refractivity contribution < 1.29 is 9.53 Å². The molecule has 0 radical (unpaired) electrons. The average Bonchev–Trinajstić information content (AvgIpc) is 3.31. The molecule has 0 atom stereocenters. The number of benzene rings is 2. The molecule has 0 saturated carbocycles. The van der Waals surface area contributed by atoms with Crippen molar-refractivity contribution >= 4 is 45.6 Å². The van der Waals surface area contributed by atoms with Gasteiger partial charge in [0.25, 0.3) is 0 Å². The van der Waals surface area contributed by atoms with Gasteiger partial charge in [-0.15, -0.1) is 5.10 Å². The molecule has 0 fully saturated rings. The van der Waals surface area contributed by atoms with Gasteiger partial charge in [0.05, 0.1) is 29.7 Å². The molecule has 3 N–H and O–H groups in total. The minimum absolute atomic E-state index is 0.312. The molecule has 2 aromatic heterocycles. The zero-order chi connectivity index (χ0) is 27.2. The van der Waals surface area contributed by atoms with Gasteiger partial charge in [0.15, 0.2) is 11.6 Å². The van der Waals surface area contributed by atoms with Crippen LogP contribution in [0.25, 0.3) is 16.7 Å². The number of rotatable bonds is 11. The van der Waals surface area contributed by atoms with Crippen LogP contribution in [-0.2, 0) is 4.79 Å². The molecule has 11 nitrogen and oxygen atoms in total. The van der Waals surface area contributed by atoms with Crippen molar-refractivity contribution in [1.29, 1.82) is 0 Å². The number of ether oxygens (including phenoxy) is 1. The minimum Gasteiger partial charge on any atom is -0.494 e. The molecule has 38 heavy (non-hydrogen) atoms. The predicted molar refractivity (Wildman–Crippen MR) is 153 cm³/mol. The van der Waals surface area contributed by atoms with Crippen molar-refractivity contribution in [3.05, 3.63) is 61.3 Å². The molecule has 0 aliphatic heterocycles. The second-order valence-corrected chi connectivity index (χ2v) is 8.88. The Bertz CT molecular complexity index is 1450. The normalized spacial score (nSPS) is 10.9. The number of carbonyl (C=O) groups is 1. The third-order valence-corrected chi connectivity index (χ3v) is 5.98. The second kappa shape index (κ2) is 11.6. The van der Waals surface area contributed by atoms with Gasteiger partial charge in [0.2, 0.25) is 11.9 Å². The Balaban J connectivity index is 1.71. The number of hydrogen-bond donors (Lipinski definition) is 3. The smallest absolute Gasteiger partial charge is 0.247 e. The number of amides is 1. The first-order valence-corrected chi connectivity index (χ1v) is 12.1. The molecular weight excluding hydrogens is 482 g/mol. The molecule has 2 heterocycles. The van der Waals surface area contributed by atoms with E-state index in [1.807, 2.05) is 58.5 Å². The van der Waals surface area contributed by atoms with E-state index in [9.17, 15) is 4.79 Å². The fraction of sp³-hybridized carbons (Fsp3) is 0.259. The molecular formula is C27H33N9O2. The molecule has 11 heteroatoms. The van der Waals surface area contributed by atoms with Gasteiger partial charge in [-0.25, -0.2) is 9.67 Å². The third-order valence-electron chi connectivity index (χ3n) is 5.98. The van der Waals surface area contributed by atoms with Crippen molar-refractivity contribution in [2.45, 2.75) is 0 Å². The number of fused-ring (bicyclic) bond motifs is 1. The fourth-order valence-corrected chi connectivity index (χ4v) is 3.98. The van der Waals surface area contributed by atoms with Crippen LogP contribution in [0.4, 0.5) is 28.8 Å². The molecule has 0 aliphatic rings. The number of hydrogen-bond acceptors (Lipinski definition) is 9. The van der Waals surface area contributed by atoms with Gasteiger partial charge in [-0.05, 0) is 38.4 Å². The van der Waals surface area contributed by atoms with Crippen molar-refractivity contribution in [3.8, 4) is 11.6 Å². The Morgan fingerprint density at radius 1 is 1.13 bits per heavy atom. The Hall–Kier alpha value is -4.64. The van der Waals surface area contributed by atoms with E-state index in [0.717, 1.165) is 35.5 Å². The van der Waals surface area contributed by atoms with Crippen LogP contribution in [0, 0.1) is 0 Å². The summed E-state index contributed by atoms with van der Waals surface area (Å²) in [6.45, 7) is 5.16. The van der Waals surface area contributed by atoms with Gasteiger partial charge in [-0.1, -0.05) is 18.7 Å². The first-order chi connectivity index (χ1) is 18.3. The lowest BCUT2D eigenvalue weighted by Gasteiger charge is -2.26. The third kappa shape index (κ3) is 5.68. The maximum Gasteiger partial charge on any atom is 0.247 e. The van der Waals surface area contributed by atoms with E-state index < -0.39 is 0 Å². The van der Waals surface area contributed by atoms with E-state index in [-0.39, 0.29) is 5.91 Å². The molecule has 0 aliphatic carbocycles. The molecule has 0 bridgehead atoms. The fourth-order valence-electron chi connectivity index (χ4n) is 3.98. The lowest BCUT2D eigenvalue weighted by atomic mass is 10.2. The van der Waals surface area contributed by atoms with Gasteiger partial charge in [0, 0.05) is 50.9 Å². The Morgan fingerprint density at radius 2 is 1.92 bits per heavy atom. The number of nitrogens with zero attached hydrogens (tertiary/aromatic N) is 6. The van der Waals surface area contributed by atoms with Crippen LogP contribution in [0.5, 0.6) is 5.75 Å². The standard InChI is InChI=1S/C27H33N9O2/c1-7-25(37)30-19-16-20(23(38-6)17-22(19)35(5)15-14-34(3)4)31-27-29-13-12-24(32-27)36-21-11-9-8-10-18(21)26(28-2)33-36/h7-13,16-17H,1,14-15H2,2-6H3,(H,28,33)(H,30,37)(H,29,31,32). The van der Waals surface area contributed by atoms with Crippen LogP contribution < -0.4 is 25.6 Å². The van der Waals surface area contributed by atoms with Gasteiger partial charge in [-0.3, -0.25) is 4.79 Å². The van der Waals surface area contributed by atoms with Crippen LogP contribution in [-0.4, -0.2) is 78.9 Å². The summed E-state index contributed by atoms with van der Waals surface area (Å²) in [4.78, 5) is 25.5. The Morgan fingerprint density at radius 3 is 2.63 bits per heavy atom. The van der Waals surface area contributed by atoms with Crippen molar-refractivity contribution in [3.63, 3.8) is 0 Å². The molecule has 0 spiro atoms. The molecule has 1 amide bonds. The molecule has 0 unspecified atom stereocenters. The van der Waals surface area contributed by atoms with Crippen LogP contribution in [0.3, 0.4) is 0 Å². The number of aromatic nitrogens is 4. The summed E-state index contributed by atoms with van der Waals surface area (Å²) in [6, 6.07) is 13.4. The van der Waals surface area contributed by atoms with E-state index in [2.05, 4.69) is 42.4 Å². The summed E-state index contributed by atoms with van der Waals surface area (Å²) < 4.78 is 7.46. The van der Waals surface area contributed by atoms with Crippen LogP contribution in [0.2, 0.25) is 0 Å². The van der Waals surface area contributed by atoms with E-state index in [0.29, 0.717) is 28.9 Å². The van der Waals surface area contributed by atoms with Crippen LogP contribution in [0.1, 0.15) is 0 Å². The maximum atomic E-state index is 12.2. The number of para-hydroxylation sites is 1. The number of nitrogens with one attached hydrogen (secondary N) is 3. The molecule has 198 valence electrons. The lowest BCUT2D eigenvalue weighted by Crippen LogP contribution is -2.29. The molecule has 4 aromatic rings. The van der Waals surface area contributed by atoms with E-state index in [1.165, 1.54) is 6.08 Å². The Labute approximate surface area is 222 Å². The number of methoxy groups -OCH3 is 1.